The molecule has 0 atom stereocenters. The number of thioether (sulfide) groups is 1. The van der Waals surface area contributed by atoms with Gasteiger partial charge in [-0.25, -0.2) is 0 Å². The zero-order valence-electron chi connectivity index (χ0n) is 13.2. The van der Waals surface area contributed by atoms with Crippen molar-refractivity contribution in [3.8, 4) is 0 Å². The third kappa shape index (κ3) is 4.24. The minimum absolute atomic E-state index is 0.142. The molecule has 1 saturated carbocycles. The van der Waals surface area contributed by atoms with Gasteiger partial charge in [0.05, 0.1) is 5.75 Å². The van der Waals surface area contributed by atoms with Gasteiger partial charge in [0.1, 0.15) is 5.82 Å². The minimum atomic E-state index is 0.142. The van der Waals surface area contributed by atoms with Gasteiger partial charge in [-0.3, -0.25) is 4.79 Å². The lowest BCUT2D eigenvalue weighted by atomic mass is 10.1. The summed E-state index contributed by atoms with van der Waals surface area (Å²) in [4.78, 5) is 12.2. The summed E-state index contributed by atoms with van der Waals surface area (Å²) in [7, 11) is 0. The lowest BCUT2D eigenvalue weighted by Crippen LogP contribution is -2.35. The summed E-state index contributed by atoms with van der Waals surface area (Å²) >= 11 is 1.53. The van der Waals surface area contributed by atoms with Crippen LogP contribution in [0, 0.1) is 0 Å². The Labute approximate surface area is 136 Å². The number of amides is 1. The molecule has 0 saturated heterocycles. The molecule has 1 aromatic rings. The van der Waals surface area contributed by atoms with Crippen molar-refractivity contribution in [3.05, 3.63) is 5.82 Å². The van der Waals surface area contributed by atoms with E-state index in [4.69, 9.17) is 0 Å². The van der Waals surface area contributed by atoms with Crippen LogP contribution in [0.3, 0.4) is 0 Å². The highest BCUT2D eigenvalue weighted by Gasteiger charge is 2.18. The lowest BCUT2D eigenvalue weighted by Gasteiger charge is -2.16. The van der Waals surface area contributed by atoms with Crippen LogP contribution < -0.4 is 5.32 Å². The Morgan fingerprint density at radius 3 is 2.68 bits per heavy atom. The highest BCUT2D eigenvalue weighted by Crippen LogP contribution is 2.22. The first kappa shape index (κ1) is 15.8. The van der Waals surface area contributed by atoms with Crippen LogP contribution in [0.5, 0.6) is 0 Å². The van der Waals surface area contributed by atoms with Crippen LogP contribution in [0.1, 0.15) is 63.6 Å². The monoisotopic (exact) mass is 322 g/mol. The lowest BCUT2D eigenvalue weighted by molar-refractivity contribution is -0.119. The molecule has 122 valence electrons. The second kappa shape index (κ2) is 7.99. The number of nitrogens with one attached hydrogen (secondary N) is 1. The maximum Gasteiger partial charge on any atom is 0.230 e. The number of nitrogens with zero attached hydrogens (tertiary/aromatic N) is 3. The van der Waals surface area contributed by atoms with E-state index in [0.29, 0.717) is 11.8 Å². The molecule has 0 unspecified atom stereocenters. The predicted molar refractivity (Wildman–Crippen MR) is 87.9 cm³/mol. The van der Waals surface area contributed by atoms with Crippen molar-refractivity contribution in [2.45, 2.75) is 82.0 Å². The molecule has 1 aliphatic carbocycles. The highest BCUT2D eigenvalue weighted by atomic mass is 32.2. The number of fused-ring (bicyclic) bond motifs is 1. The van der Waals surface area contributed by atoms with Crippen LogP contribution in [0.4, 0.5) is 0 Å². The zero-order valence-corrected chi connectivity index (χ0v) is 14.0. The summed E-state index contributed by atoms with van der Waals surface area (Å²) in [6, 6.07) is 0.381. The summed E-state index contributed by atoms with van der Waals surface area (Å²) in [6.07, 6.45) is 12.0. The Morgan fingerprint density at radius 2 is 1.86 bits per heavy atom. The molecule has 1 aromatic heterocycles. The zero-order chi connectivity index (χ0) is 15.2. The van der Waals surface area contributed by atoms with E-state index >= 15 is 0 Å². The molecule has 1 aliphatic heterocycles. The van der Waals surface area contributed by atoms with Crippen LogP contribution in [0.2, 0.25) is 0 Å². The van der Waals surface area contributed by atoms with Crippen molar-refractivity contribution >= 4 is 17.7 Å². The Kier molecular flexibility index (Phi) is 5.76. The van der Waals surface area contributed by atoms with Crippen LogP contribution in [-0.4, -0.2) is 32.5 Å². The van der Waals surface area contributed by atoms with Gasteiger partial charge in [0.25, 0.3) is 0 Å². The SMILES string of the molecule is O=C(CSc1nnc2n1CCCCC2)NC1CCCCCC1. The third-order valence-corrected chi connectivity index (χ3v) is 5.59. The van der Waals surface area contributed by atoms with E-state index < -0.39 is 0 Å². The Hall–Kier alpha value is -1.04. The van der Waals surface area contributed by atoms with Gasteiger partial charge in [0.15, 0.2) is 5.16 Å². The molecule has 2 aliphatic rings. The largest absolute Gasteiger partial charge is 0.353 e. The molecule has 22 heavy (non-hydrogen) atoms. The molecule has 0 aromatic carbocycles. The normalized spacial score (nSPS) is 20.0. The number of carbonyl (C=O) groups excluding carboxylic acids is 1. The molecule has 1 amide bonds. The van der Waals surface area contributed by atoms with Crippen molar-refractivity contribution in [1.29, 1.82) is 0 Å². The Balaban J connectivity index is 1.49. The molecular weight excluding hydrogens is 296 g/mol. The van der Waals surface area contributed by atoms with E-state index in [2.05, 4.69) is 20.1 Å². The van der Waals surface area contributed by atoms with Gasteiger partial charge in [-0.15, -0.1) is 10.2 Å². The van der Waals surface area contributed by atoms with Crippen molar-refractivity contribution in [3.63, 3.8) is 0 Å². The van der Waals surface area contributed by atoms with Gasteiger partial charge in [-0.1, -0.05) is 43.9 Å². The average molecular weight is 322 g/mol. The van der Waals surface area contributed by atoms with Gasteiger partial charge in [-0.05, 0) is 25.7 Å². The van der Waals surface area contributed by atoms with Crippen LogP contribution in [0.25, 0.3) is 0 Å². The number of aryl methyl sites for hydroxylation is 1. The van der Waals surface area contributed by atoms with Crippen molar-refractivity contribution < 1.29 is 4.79 Å². The molecule has 6 heteroatoms. The molecule has 2 heterocycles. The number of aromatic nitrogens is 3. The topological polar surface area (TPSA) is 59.8 Å². The summed E-state index contributed by atoms with van der Waals surface area (Å²) < 4.78 is 2.20. The quantitative estimate of drug-likeness (QED) is 0.684. The minimum Gasteiger partial charge on any atom is -0.353 e. The average Bonchev–Trinajstić information content (AvgIpc) is 2.73. The van der Waals surface area contributed by atoms with E-state index in [9.17, 15) is 4.79 Å². The first-order valence-corrected chi connectivity index (χ1v) is 9.66. The molecule has 0 spiro atoms. The Bertz CT molecular complexity index is 494. The molecule has 1 fully saturated rings. The molecule has 0 bridgehead atoms. The summed E-state index contributed by atoms with van der Waals surface area (Å²) in [5.41, 5.74) is 0. The van der Waals surface area contributed by atoms with Crippen LogP contribution in [-0.2, 0) is 17.8 Å². The standard InChI is InChI=1S/C16H26N4OS/c21-15(17-13-8-4-1-2-5-9-13)12-22-16-19-18-14-10-6-3-7-11-20(14)16/h13H,1-12H2,(H,17,21). The van der Waals surface area contributed by atoms with E-state index in [1.807, 2.05) is 0 Å². The summed E-state index contributed by atoms with van der Waals surface area (Å²) in [5, 5.41) is 12.7. The molecule has 0 radical (unpaired) electrons. The predicted octanol–water partition coefficient (Wildman–Crippen LogP) is 2.94. The first-order chi connectivity index (χ1) is 10.8. The fourth-order valence-electron chi connectivity index (χ4n) is 3.39. The van der Waals surface area contributed by atoms with E-state index in [1.54, 1.807) is 0 Å². The maximum absolute atomic E-state index is 12.2. The van der Waals surface area contributed by atoms with Crippen LogP contribution >= 0.6 is 11.8 Å². The van der Waals surface area contributed by atoms with E-state index in [1.165, 1.54) is 56.7 Å². The maximum atomic E-state index is 12.2. The Morgan fingerprint density at radius 1 is 1.09 bits per heavy atom. The van der Waals surface area contributed by atoms with Crippen molar-refractivity contribution in [2.24, 2.45) is 0 Å². The van der Waals surface area contributed by atoms with Gasteiger partial charge >= 0.3 is 0 Å². The van der Waals surface area contributed by atoms with Crippen molar-refractivity contribution in [2.75, 3.05) is 5.75 Å². The second-order valence-corrected chi connectivity index (χ2v) is 7.35. The highest BCUT2D eigenvalue weighted by molar-refractivity contribution is 7.99. The van der Waals surface area contributed by atoms with Gasteiger partial charge < -0.3 is 9.88 Å². The van der Waals surface area contributed by atoms with Gasteiger partial charge in [0, 0.05) is 19.0 Å². The molecule has 3 rings (SSSR count). The van der Waals surface area contributed by atoms with Crippen molar-refractivity contribution in [1.82, 2.24) is 20.1 Å². The third-order valence-electron chi connectivity index (χ3n) is 4.63. The van der Waals surface area contributed by atoms with Crippen LogP contribution in [0.15, 0.2) is 5.16 Å². The number of hydrogen-bond acceptors (Lipinski definition) is 4. The number of rotatable bonds is 4. The smallest absolute Gasteiger partial charge is 0.230 e. The number of carbonyl (C=O) groups is 1. The van der Waals surface area contributed by atoms with Gasteiger partial charge in [0.2, 0.25) is 5.91 Å². The van der Waals surface area contributed by atoms with Gasteiger partial charge in [-0.2, -0.15) is 0 Å². The molecule has 5 nitrogen and oxygen atoms in total. The summed E-state index contributed by atoms with van der Waals surface area (Å²) in [5.74, 6) is 1.68. The van der Waals surface area contributed by atoms with E-state index in [0.717, 1.165) is 36.8 Å². The fourth-order valence-corrected chi connectivity index (χ4v) is 4.18. The number of hydrogen-bond donors (Lipinski definition) is 1. The molecular formula is C16H26N4OS. The first-order valence-electron chi connectivity index (χ1n) is 8.67. The second-order valence-electron chi connectivity index (χ2n) is 6.41. The fraction of sp³-hybridized carbons (Fsp3) is 0.812. The van der Waals surface area contributed by atoms with E-state index in [-0.39, 0.29) is 5.91 Å². The molecule has 1 N–H and O–H groups in total. The summed E-state index contributed by atoms with van der Waals surface area (Å²) in [6.45, 7) is 0.995.